The summed E-state index contributed by atoms with van der Waals surface area (Å²) in [7, 11) is 0. The third-order valence-corrected chi connectivity index (χ3v) is 4.86. The van der Waals surface area contributed by atoms with Gasteiger partial charge < -0.3 is 19.7 Å². The molecule has 24 heavy (non-hydrogen) atoms. The maximum absolute atomic E-state index is 12.5. The number of hydrogen-bond donors (Lipinski definition) is 1. The molecule has 1 N–H and O–H groups in total. The highest BCUT2D eigenvalue weighted by Gasteiger charge is 2.26. The Hall–Kier alpha value is -1.89. The highest BCUT2D eigenvalue weighted by Crippen LogP contribution is 2.26. The van der Waals surface area contributed by atoms with Gasteiger partial charge in [0.2, 0.25) is 0 Å². The number of carbonyl (C=O) groups is 1. The van der Waals surface area contributed by atoms with Crippen molar-refractivity contribution in [3.8, 4) is 0 Å². The summed E-state index contributed by atoms with van der Waals surface area (Å²) in [4.78, 5) is 15.4. The first-order valence-corrected chi connectivity index (χ1v) is 9.02. The van der Waals surface area contributed by atoms with Gasteiger partial charge in [-0.1, -0.05) is 18.2 Å². The molecule has 6 heteroatoms. The molecule has 128 valence electrons. The van der Waals surface area contributed by atoms with Crippen LogP contribution in [-0.2, 0) is 16.1 Å². The number of carbonyl (C=O) groups excluding carboxylic acids is 1. The predicted octanol–water partition coefficient (Wildman–Crippen LogP) is 3.89. The first kappa shape index (κ1) is 17.0. The molecule has 0 aliphatic carbocycles. The third-order valence-electron chi connectivity index (χ3n) is 3.89. The minimum Gasteiger partial charge on any atom is -0.377 e. The normalized spacial score (nSPS) is 17.7. The van der Waals surface area contributed by atoms with Crippen LogP contribution in [0.15, 0.2) is 41.8 Å². The second-order valence-corrected chi connectivity index (χ2v) is 6.56. The van der Waals surface area contributed by atoms with Gasteiger partial charge in [-0.15, -0.1) is 11.3 Å². The Kier molecular flexibility index (Phi) is 5.85. The first-order chi connectivity index (χ1) is 11.8. The summed E-state index contributed by atoms with van der Waals surface area (Å²) in [6.45, 7) is 5.01. The van der Waals surface area contributed by atoms with Crippen molar-refractivity contribution in [1.29, 1.82) is 0 Å². The van der Waals surface area contributed by atoms with Gasteiger partial charge in [0, 0.05) is 23.7 Å². The summed E-state index contributed by atoms with van der Waals surface area (Å²) >= 11 is 1.66. The average molecular weight is 346 g/mol. The van der Waals surface area contributed by atoms with Crippen molar-refractivity contribution in [2.24, 2.45) is 0 Å². The van der Waals surface area contributed by atoms with Gasteiger partial charge in [0.1, 0.15) is 6.10 Å². The van der Waals surface area contributed by atoms with E-state index >= 15 is 0 Å². The molecule has 2 aromatic rings. The predicted molar refractivity (Wildman–Crippen MR) is 95.4 cm³/mol. The lowest BCUT2D eigenvalue weighted by molar-refractivity contribution is -0.0115. The SMILES string of the molecule is CCOCc1ccc(NC(=O)N2CCO[C@@H](c3cccs3)C2)cc1. The molecule has 0 spiro atoms. The lowest BCUT2D eigenvalue weighted by Gasteiger charge is -2.32. The van der Waals surface area contributed by atoms with Crippen LogP contribution < -0.4 is 5.32 Å². The summed E-state index contributed by atoms with van der Waals surface area (Å²) in [5, 5.41) is 4.98. The summed E-state index contributed by atoms with van der Waals surface area (Å²) in [5.41, 5.74) is 1.89. The Bertz CT molecular complexity index is 643. The van der Waals surface area contributed by atoms with Crippen molar-refractivity contribution >= 4 is 23.1 Å². The smallest absolute Gasteiger partial charge is 0.322 e. The number of urea groups is 1. The summed E-state index contributed by atoms with van der Waals surface area (Å²) in [6.07, 6.45) is -0.0296. The number of hydrogen-bond acceptors (Lipinski definition) is 4. The maximum Gasteiger partial charge on any atom is 0.322 e. The van der Waals surface area contributed by atoms with Crippen LogP contribution in [0.5, 0.6) is 0 Å². The average Bonchev–Trinajstić information content (AvgIpc) is 3.16. The van der Waals surface area contributed by atoms with E-state index in [1.54, 1.807) is 11.3 Å². The van der Waals surface area contributed by atoms with E-state index in [-0.39, 0.29) is 12.1 Å². The fourth-order valence-electron chi connectivity index (χ4n) is 2.59. The van der Waals surface area contributed by atoms with E-state index in [4.69, 9.17) is 9.47 Å². The summed E-state index contributed by atoms with van der Waals surface area (Å²) in [5.74, 6) is 0. The Labute approximate surface area is 146 Å². The minimum absolute atomic E-state index is 0.0296. The van der Waals surface area contributed by atoms with Gasteiger partial charge in [0.25, 0.3) is 0 Å². The van der Waals surface area contributed by atoms with Gasteiger partial charge in [-0.3, -0.25) is 0 Å². The van der Waals surface area contributed by atoms with Crippen molar-refractivity contribution in [1.82, 2.24) is 4.90 Å². The van der Waals surface area contributed by atoms with E-state index in [0.717, 1.165) is 16.1 Å². The number of nitrogens with one attached hydrogen (secondary N) is 1. The molecule has 1 atom stereocenters. The quantitative estimate of drug-likeness (QED) is 0.893. The Morgan fingerprint density at radius 3 is 2.92 bits per heavy atom. The molecule has 1 aliphatic heterocycles. The number of rotatable bonds is 5. The first-order valence-electron chi connectivity index (χ1n) is 8.14. The molecule has 3 rings (SSSR count). The van der Waals surface area contributed by atoms with Gasteiger partial charge in [-0.05, 0) is 36.1 Å². The second-order valence-electron chi connectivity index (χ2n) is 5.59. The van der Waals surface area contributed by atoms with Gasteiger partial charge in [-0.25, -0.2) is 4.79 Å². The zero-order valence-electron chi connectivity index (χ0n) is 13.7. The van der Waals surface area contributed by atoms with Crippen LogP contribution in [0.1, 0.15) is 23.5 Å². The van der Waals surface area contributed by atoms with Gasteiger partial charge in [-0.2, -0.15) is 0 Å². The second kappa shape index (κ2) is 8.28. The molecule has 1 aliphatic rings. The number of benzene rings is 1. The zero-order valence-corrected chi connectivity index (χ0v) is 14.6. The number of anilines is 1. The number of ether oxygens (including phenoxy) is 2. The van der Waals surface area contributed by atoms with E-state index in [0.29, 0.717) is 32.9 Å². The van der Waals surface area contributed by atoms with E-state index in [1.165, 1.54) is 0 Å². The molecule has 1 aromatic carbocycles. The number of amides is 2. The van der Waals surface area contributed by atoms with E-state index in [1.807, 2.05) is 53.6 Å². The van der Waals surface area contributed by atoms with Crippen LogP contribution in [0, 0.1) is 0 Å². The Balaban J connectivity index is 1.56. The van der Waals surface area contributed by atoms with Crippen LogP contribution in [0.3, 0.4) is 0 Å². The molecule has 1 aromatic heterocycles. The zero-order chi connectivity index (χ0) is 16.8. The standard InChI is InChI=1S/C18H22N2O3S/c1-2-22-13-14-5-7-15(8-6-14)19-18(21)20-9-10-23-16(12-20)17-4-3-11-24-17/h3-8,11,16H,2,9-10,12-13H2,1H3,(H,19,21)/t16-/m1/s1. The van der Waals surface area contributed by atoms with E-state index < -0.39 is 0 Å². The highest BCUT2D eigenvalue weighted by atomic mass is 32.1. The van der Waals surface area contributed by atoms with Gasteiger partial charge >= 0.3 is 6.03 Å². The van der Waals surface area contributed by atoms with E-state index in [9.17, 15) is 4.79 Å². The Morgan fingerprint density at radius 2 is 2.21 bits per heavy atom. The number of nitrogens with zero attached hydrogens (tertiary/aromatic N) is 1. The summed E-state index contributed by atoms with van der Waals surface area (Å²) < 4.78 is 11.2. The number of thiophene rings is 1. The Morgan fingerprint density at radius 1 is 1.38 bits per heavy atom. The van der Waals surface area contributed by atoms with Crippen LogP contribution in [0.4, 0.5) is 10.5 Å². The third kappa shape index (κ3) is 4.35. The van der Waals surface area contributed by atoms with Crippen molar-refractivity contribution < 1.29 is 14.3 Å². The lowest BCUT2D eigenvalue weighted by Crippen LogP contribution is -2.44. The highest BCUT2D eigenvalue weighted by molar-refractivity contribution is 7.10. The molecule has 2 amide bonds. The van der Waals surface area contributed by atoms with Crippen LogP contribution in [-0.4, -0.2) is 37.2 Å². The largest absolute Gasteiger partial charge is 0.377 e. The molecule has 5 nitrogen and oxygen atoms in total. The van der Waals surface area contributed by atoms with Crippen molar-refractivity contribution in [2.45, 2.75) is 19.6 Å². The van der Waals surface area contributed by atoms with E-state index in [2.05, 4.69) is 5.32 Å². The topological polar surface area (TPSA) is 50.8 Å². The molecule has 0 radical (unpaired) electrons. The molecule has 1 saturated heterocycles. The van der Waals surface area contributed by atoms with Crippen molar-refractivity contribution in [3.63, 3.8) is 0 Å². The molecule has 0 unspecified atom stereocenters. The van der Waals surface area contributed by atoms with Crippen LogP contribution in [0.2, 0.25) is 0 Å². The molecular weight excluding hydrogens is 324 g/mol. The van der Waals surface area contributed by atoms with Crippen molar-refractivity contribution in [2.75, 3.05) is 31.6 Å². The summed E-state index contributed by atoms with van der Waals surface area (Å²) in [6, 6.07) is 11.7. The van der Waals surface area contributed by atoms with Gasteiger partial charge in [0.05, 0.1) is 19.8 Å². The fourth-order valence-corrected chi connectivity index (χ4v) is 3.35. The van der Waals surface area contributed by atoms with Crippen molar-refractivity contribution in [3.05, 3.63) is 52.2 Å². The molecule has 1 fully saturated rings. The molecular formula is C18H22N2O3S. The molecule has 0 bridgehead atoms. The fraction of sp³-hybridized carbons (Fsp3) is 0.389. The molecule has 2 heterocycles. The van der Waals surface area contributed by atoms with Crippen LogP contribution in [0.25, 0.3) is 0 Å². The van der Waals surface area contributed by atoms with Gasteiger partial charge in [0.15, 0.2) is 0 Å². The minimum atomic E-state index is -0.0857. The van der Waals surface area contributed by atoms with Crippen LogP contribution >= 0.6 is 11.3 Å². The monoisotopic (exact) mass is 346 g/mol. The number of morpholine rings is 1. The maximum atomic E-state index is 12.5. The molecule has 0 saturated carbocycles. The lowest BCUT2D eigenvalue weighted by atomic mass is 10.2.